The summed E-state index contributed by atoms with van der Waals surface area (Å²) in [5.41, 5.74) is 9.57. The number of nitrogens with two attached hydrogens (primary N) is 1. The molecule has 0 fully saturated rings. The van der Waals surface area contributed by atoms with Gasteiger partial charge in [0.25, 0.3) is 0 Å². The normalized spacial score (nSPS) is 12.9. The maximum Gasteiger partial charge on any atom is 0.0947 e. The fraction of sp³-hybridized carbons (Fsp3) is 0.333. The van der Waals surface area contributed by atoms with E-state index in [1.165, 1.54) is 11.1 Å². The number of likely N-dealkylation sites (N-methyl/N-ethyl adjacent to an activating group) is 1. The van der Waals surface area contributed by atoms with Crippen LogP contribution in [0.3, 0.4) is 0 Å². The molecule has 0 bridgehead atoms. The molecule has 1 aromatic heterocycles. The molecule has 0 amide bonds. The number of aryl methyl sites for hydroxylation is 1. The third kappa shape index (κ3) is 3.47. The summed E-state index contributed by atoms with van der Waals surface area (Å²) in [5.74, 6) is 0. The van der Waals surface area contributed by atoms with Crippen molar-refractivity contribution in [3.05, 3.63) is 58.0 Å². The van der Waals surface area contributed by atoms with Crippen molar-refractivity contribution in [2.24, 2.45) is 5.73 Å². The first-order valence-corrected chi connectivity index (χ1v) is 7.08. The quantitative estimate of drug-likeness (QED) is 0.916. The topological polar surface area (TPSA) is 42.4 Å². The summed E-state index contributed by atoms with van der Waals surface area (Å²) in [5, 5.41) is 0. The fourth-order valence-corrected chi connectivity index (χ4v) is 2.99. The maximum atomic E-state index is 5.96. The summed E-state index contributed by atoms with van der Waals surface area (Å²) in [6.45, 7) is 3.48. The molecule has 1 unspecified atom stereocenters. The Morgan fingerprint density at radius 3 is 2.74 bits per heavy atom. The van der Waals surface area contributed by atoms with Gasteiger partial charge in [0.15, 0.2) is 0 Å². The summed E-state index contributed by atoms with van der Waals surface area (Å²) in [6.07, 6.45) is 3.47. The molecule has 3 nitrogen and oxygen atoms in total. The van der Waals surface area contributed by atoms with Crippen LogP contribution < -0.4 is 5.73 Å². The van der Waals surface area contributed by atoms with E-state index in [9.17, 15) is 0 Å². The van der Waals surface area contributed by atoms with Crippen molar-refractivity contribution in [1.29, 1.82) is 0 Å². The zero-order valence-electron chi connectivity index (χ0n) is 11.3. The van der Waals surface area contributed by atoms with Gasteiger partial charge in [-0.15, -0.1) is 0 Å². The van der Waals surface area contributed by atoms with E-state index in [1.807, 2.05) is 6.07 Å². The number of furan rings is 1. The maximum absolute atomic E-state index is 5.96. The zero-order chi connectivity index (χ0) is 13.8. The van der Waals surface area contributed by atoms with Crippen molar-refractivity contribution in [3.8, 4) is 0 Å². The minimum Gasteiger partial charge on any atom is -0.472 e. The lowest BCUT2D eigenvalue weighted by Gasteiger charge is -2.28. The number of hydrogen-bond acceptors (Lipinski definition) is 3. The summed E-state index contributed by atoms with van der Waals surface area (Å²) in [6, 6.07) is 8.56. The molecule has 19 heavy (non-hydrogen) atoms. The SMILES string of the molecule is Cc1ccc(C(CN)N(C)Cc2ccoc2)c(Br)c1. The van der Waals surface area contributed by atoms with Crippen molar-refractivity contribution < 1.29 is 4.42 Å². The molecule has 2 aromatic rings. The van der Waals surface area contributed by atoms with Gasteiger partial charge in [-0.05, 0) is 37.2 Å². The molecule has 0 saturated carbocycles. The van der Waals surface area contributed by atoms with Crippen LogP contribution in [0.4, 0.5) is 0 Å². The second-order valence-electron chi connectivity index (χ2n) is 4.82. The molecule has 1 aromatic carbocycles. The second-order valence-corrected chi connectivity index (χ2v) is 5.68. The lowest BCUT2D eigenvalue weighted by Crippen LogP contribution is -2.30. The molecule has 0 aliphatic heterocycles. The van der Waals surface area contributed by atoms with Crippen LogP contribution >= 0.6 is 15.9 Å². The van der Waals surface area contributed by atoms with E-state index >= 15 is 0 Å². The predicted molar refractivity (Wildman–Crippen MR) is 80.8 cm³/mol. The number of rotatable bonds is 5. The standard InChI is InChI=1S/C15H19BrN2O/c1-11-3-4-13(14(16)7-11)15(8-17)18(2)9-12-5-6-19-10-12/h3-7,10,15H,8-9,17H2,1-2H3. The number of nitrogens with zero attached hydrogens (tertiary/aromatic N) is 1. The van der Waals surface area contributed by atoms with Gasteiger partial charge in [0.1, 0.15) is 0 Å². The van der Waals surface area contributed by atoms with E-state index in [0.717, 1.165) is 16.6 Å². The van der Waals surface area contributed by atoms with Gasteiger partial charge in [-0.2, -0.15) is 0 Å². The Morgan fingerprint density at radius 1 is 1.37 bits per heavy atom. The highest BCUT2D eigenvalue weighted by atomic mass is 79.9. The van der Waals surface area contributed by atoms with Crippen LogP contribution in [0.2, 0.25) is 0 Å². The number of hydrogen-bond donors (Lipinski definition) is 1. The van der Waals surface area contributed by atoms with E-state index in [0.29, 0.717) is 6.54 Å². The largest absolute Gasteiger partial charge is 0.472 e. The molecular formula is C15H19BrN2O. The van der Waals surface area contributed by atoms with E-state index in [-0.39, 0.29) is 6.04 Å². The molecule has 1 atom stereocenters. The molecular weight excluding hydrogens is 304 g/mol. The molecule has 0 aliphatic rings. The van der Waals surface area contributed by atoms with Gasteiger partial charge in [-0.25, -0.2) is 0 Å². The summed E-state index contributed by atoms with van der Waals surface area (Å²) >= 11 is 3.63. The summed E-state index contributed by atoms with van der Waals surface area (Å²) in [4.78, 5) is 2.24. The highest BCUT2D eigenvalue weighted by Gasteiger charge is 2.18. The van der Waals surface area contributed by atoms with Gasteiger partial charge >= 0.3 is 0 Å². The first kappa shape index (κ1) is 14.3. The Kier molecular flexibility index (Phi) is 4.80. The molecule has 0 radical (unpaired) electrons. The molecule has 0 spiro atoms. The first-order chi connectivity index (χ1) is 9.11. The predicted octanol–water partition coefficient (Wildman–Crippen LogP) is 3.48. The van der Waals surface area contributed by atoms with E-state index in [2.05, 4.69) is 53.0 Å². The van der Waals surface area contributed by atoms with Gasteiger partial charge in [0, 0.05) is 29.2 Å². The summed E-state index contributed by atoms with van der Waals surface area (Å²) in [7, 11) is 2.08. The fourth-order valence-electron chi connectivity index (χ4n) is 2.23. The van der Waals surface area contributed by atoms with Gasteiger partial charge in [-0.3, -0.25) is 4.90 Å². The van der Waals surface area contributed by atoms with Crippen LogP contribution in [0, 0.1) is 6.92 Å². The summed E-state index contributed by atoms with van der Waals surface area (Å²) < 4.78 is 6.22. The number of benzene rings is 1. The van der Waals surface area contributed by atoms with E-state index < -0.39 is 0 Å². The van der Waals surface area contributed by atoms with Crippen LogP contribution in [0.25, 0.3) is 0 Å². The van der Waals surface area contributed by atoms with Crippen LogP contribution in [-0.2, 0) is 6.54 Å². The minimum absolute atomic E-state index is 0.185. The van der Waals surface area contributed by atoms with Crippen LogP contribution in [0.1, 0.15) is 22.7 Å². The van der Waals surface area contributed by atoms with E-state index in [4.69, 9.17) is 10.2 Å². The van der Waals surface area contributed by atoms with E-state index in [1.54, 1.807) is 12.5 Å². The molecule has 2 N–H and O–H groups in total. The van der Waals surface area contributed by atoms with Gasteiger partial charge in [0.2, 0.25) is 0 Å². The lowest BCUT2D eigenvalue weighted by atomic mass is 10.0. The Morgan fingerprint density at radius 2 is 2.16 bits per heavy atom. The molecule has 4 heteroatoms. The Hall–Kier alpha value is -1.10. The van der Waals surface area contributed by atoms with Gasteiger partial charge in [-0.1, -0.05) is 28.1 Å². The smallest absolute Gasteiger partial charge is 0.0947 e. The Balaban J connectivity index is 2.18. The molecule has 0 aliphatic carbocycles. The average molecular weight is 323 g/mol. The Labute approximate surface area is 122 Å². The molecule has 102 valence electrons. The monoisotopic (exact) mass is 322 g/mol. The van der Waals surface area contributed by atoms with Gasteiger partial charge < -0.3 is 10.2 Å². The average Bonchev–Trinajstić information content (AvgIpc) is 2.85. The van der Waals surface area contributed by atoms with Crippen LogP contribution in [0.15, 0.2) is 45.7 Å². The zero-order valence-corrected chi connectivity index (χ0v) is 12.9. The molecule has 0 saturated heterocycles. The van der Waals surface area contributed by atoms with Gasteiger partial charge in [0.05, 0.1) is 12.5 Å². The molecule has 1 heterocycles. The highest BCUT2D eigenvalue weighted by molar-refractivity contribution is 9.10. The third-order valence-corrected chi connectivity index (χ3v) is 3.97. The van der Waals surface area contributed by atoms with Crippen molar-refractivity contribution in [3.63, 3.8) is 0 Å². The van der Waals surface area contributed by atoms with Crippen molar-refractivity contribution in [2.45, 2.75) is 19.5 Å². The van der Waals surface area contributed by atoms with Crippen molar-refractivity contribution in [2.75, 3.05) is 13.6 Å². The minimum atomic E-state index is 0.185. The number of halogens is 1. The van der Waals surface area contributed by atoms with Crippen molar-refractivity contribution >= 4 is 15.9 Å². The highest BCUT2D eigenvalue weighted by Crippen LogP contribution is 2.28. The second kappa shape index (κ2) is 6.37. The van der Waals surface area contributed by atoms with Crippen LogP contribution in [0.5, 0.6) is 0 Å². The van der Waals surface area contributed by atoms with Crippen molar-refractivity contribution in [1.82, 2.24) is 4.90 Å². The first-order valence-electron chi connectivity index (χ1n) is 6.29. The molecule has 2 rings (SSSR count). The lowest BCUT2D eigenvalue weighted by molar-refractivity contribution is 0.240. The third-order valence-electron chi connectivity index (χ3n) is 3.28. The van der Waals surface area contributed by atoms with Crippen LogP contribution in [-0.4, -0.2) is 18.5 Å². The Bertz CT molecular complexity index is 525.